The van der Waals surface area contributed by atoms with Gasteiger partial charge in [-0.1, -0.05) is 26.0 Å². The number of aliphatic hydroxyl groups is 1. The molecule has 5 nitrogen and oxygen atoms in total. The average Bonchev–Trinajstić information content (AvgIpc) is 2.43. The van der Waals surface area contributed by atoms with E-state index in [2.05, 4.69) is 10.1 Å². The van der Waals surface area contributed by atoms with Crippen molar-refractivity contribution >= 4 is 11.9 Å². The van der Waals surface area contributed by atoms with E-state index in [-0.39, 0.29) is 18.4 Å². The van der Waals surface area contributed by atoms with Gasteiger partial charge in [0.2, 0.25) is 0 Å². The van der Waals surface area contributed by atoms with Crippen molar-refractivity contribution in [1.82, 2.24) is 5.32 Å². The minimum atomic E-state index is -0.671. The third-order valence-corrected chi connectivity index (χ3v) is 2.81. The maximum Gasteiger partial charge on any atom is 0.328 e. The molecule has 1 aromatic carbocycles. The Hall–Kier alpha value is -1.88. The van der Waals surface area contributed by atoms with Crippen molar-refractivity contribution in [3.8, 4) is 0 Å². The molecular weight excluding hydrogens is 246 g/mol. The normalized spacial score (nSPS) is 12.1. The monoisotopic (exact) mass is 265 g/mol. The van der Waals surface area contributed by atoms with Gasteiger partial charge in [0.05, 0.1) is 13.7 Å². The van der Waals surface area contributed by atoms with Gasteiger partial charge in [-0.2, -0.15) is 0 Å². The van der Waals surface area contributed by atoms with Crippen LogP contribution in [0.1, 0.15) is 29.8 Å². The molecule has 0 bridgehead atoms. The Kier molecular flexibility index (Phi) is 5.51. The number of rotatable bonds is 5. The summed E-state index contributed by atoms with van der Waals surface area (Å²) in [6.07, 6.45) is 0. The Morgan fingerprint density at radius 2 is 1.84 bits per heavy atom. The molecule has 0 aromatic heterocycles. The molecule has 0 aliphatic rings. The molecule has 0 saturated heterocycles. The number of hydrogen-bond acceptors (Lipinski definition) is 4. The van der Waals surface area contributed by atoms with Crippen LogP contribution in [0.2, 0.25) is 0 Å². The second-order valence-electron chi connectivity index (χ2n) is 4.57. The molecule has 5 heteroatoms. The number of hydrogen-bond donors (Lipinski definition) is 2. The predicted octanol–water partition coefficient (Wildman–Crippen LogP) is 1.11. The molecule has 1 unspecified atom stereocenters. The van der Waals surface area contributed by atoms with E-state index in [0.717, 1.165) is 5.56 Å². The molecule has 1 amide bonds. The maximum absolute atomic E-state index is 12.0. The topological polar surface area (TPSA) is 75.6 Å². The fourth-order valence-corrected chi connectivity index (χ4v) is 1.61. The average molecular weight is 265 g/mol. The van der Waals surface area contributed by atoms with Crippen molar-refractivity contribution in [3.05, 3.63) is 35.4 Å². The van der Waals surface area contributed by atoms with Gasteiger partial charge in [0.25, 0.3) is 5.91 Å². The summed E-state index contributed by atoms with van der Waals surface area (Å²) in [5.74, 6) is -0.864. The number of methoxy groups -OCH3 is 1. The van der Waals surface area contributed by atoms with E-state index in [1.807, 2.05) is 13.8 Å². The Bertz CT molecular complexity index is 439. The summed E-state index contributed by atoms with van der Waals surface area (Å²) in [6.45, 7) is 3.59. The number of ether oxygens (including phenoxy) is 1. The lowest BCUT2D eigenvalue weighted by Crippen LogP contribution is -2.45. The zero-order valence-corrected chi connectivity index (χ0v) is 11.3. The lowest BCUT2D eigenvalue weighted by Gasteiger charge is -2.19. The van der Waals surface area contributed by atoms with Gasteiger partial charge in [-0.05, 0) is 23.6 Å². The summed E-state index contributed by atoms with van der Waals surface area (Å²) >= 11 is 0. The summed E-state index contributed by atoms with van der Waals surface area (Å²) in [5.41, 5.74) is 1.16. The van der Waals surface area contributed by atoms with Gasteiger partial charge >= 0.3 is 5.97 Å². The lowest BCUT2D eigenvalue weighted by atomic mass is 10.0. The summed E-state index contributed by atoms with van der Waals surface area (Å²) in [7, 11) is 1.29. The molecule has 1 atom stereocenters. The molecule has 1 aromatic rings. The first-order valence-corrected chi connectivity index (χ1v) is 6.08. The Balaban J connectivity index is 2.78. The highest BCUT2D eigenvalue weighted by Gasteiger charge is 2.25. The highest BCUT2D eigenvalue weighted by Crippen LogP contribution is 2.08. The molecule has 0 saturated carbocycles. The van der Waals surface area contributed by atoms with Crippen molar-refractivity contribution in [2.45, 2.75) is 26.5 Å². The van der Waals surface area contributed by atoms with E-state index in [1.165, 1.54) is 7.11 Å². The summed E-state index contributed by atoms with van der Waals surface area (Å²) in [6, 6.07) is 5.87. The van der Waals surface area contributed by atoms with Crippen LogP contribution in [0.25, 0.3) is 0 Å². The van der Waals surface area contributed by atoms with Crippen LogP contribution in [-0.4, -0.2) is 30.1 Å². The predicted molar refractivity (Wildman–Crippen MR) is 70.5 cm³/mol. The lowest BCUT2D eigenvalue weighted by molar-refractivity contribution is -0.144. The minimum Gasteiger partial charge on any atom is -0.467 e. The number of carbonyl (C=O) groups is 2. The number of carbonyl (C=O) groups excluding carboxylic acids is 2. The fraction of sp³-hybridized carbons (Fsp3) is 0.429. The second kappa shape index (κ2) is 6.89. The Labute approximate surface area is 112 Å². The first kappa shape index (κ1) is 15.2. The van der Waals surface area contributed by atoms with Crippen LogP contribution in [0, 0.1) is 5.92 Å². The number of benzene rings is 1. The highest BCUT2D eigenvalue weighted by atomic mass is 16.5. The van der Waals surface area contributed by atoms with Crippen molar-refractivity contribution < 1.29 is 19.4 Å². The third-order valence-electron chi connectivity index (χ3n) is 2.81. The van der Waals surface area contributed by atoms with Crippen molar-refractivity contribution in [1.29, 1.82) is 0 Å². The fourth-order valence-electron chi connectivity index (χ4n) is 1.61. The standard InChI is InChI=1S/C14H19NO4/c1-9(2)12(14(18)19-3)15-13(17)11-6-4-10(8-16)5-7-11/h4-7,9,12,16H,8H2,1-3H3,(H,15,17). The molecule has 2 N–H and O–H groups in total. The van der Waals surface area contributed by atoms with Gasteiger partial charge < -0.3 is 15.2 Å². The molecule has 1 rings (SSSR count). The smallest absolute Gasteiger partial charge is 0.328 e. The van der Waals surface area contributed by atoms with Gasteiger partial charge in [-0.15, -0.1) is 0 Å². The Morgan fingerprint density at radius 3 is 2.26 bits per heavy atom. The molecular formula is C14H19NO4. The van der Waals surface area contributed by atoms with Crippen molar-refractivity contribution in [3.63, 3.8) is 0 Å². The van der Waals surface area contributed by atoms with E-state index in [1.54, 1.807) is 24.3 Å². The van der Waals surface area contributed by atoms with E-state index in [0.29, 0.717) is 5.56 Å². The van der Waals surface area contributed by atoms with Crippen molar-refractivity contribution in [2.75, 3.05) is 7.11 Å². The highest BCUT2D eigenvalue weighted by molar-refractivity contribution is 5.96. The maximum atomic E-state index is 12.0. The van der Waals surface area contributed by atoms with Crippen LogP contribution < -0.4 is 5.32 Å². The largest absolute Gasteiger partial charge is 0.467 e. The van der Waals surface area contributed by atoms with Crippen LogP contribution in [0.15, 0.2) is 24.3 Å². The zero-order valence-electron chi connectivity index (χ0n) is 11.3. The van der Waals surface area contributed by atoms with Gasteiger partial charge in [-0.25, -0.2) is 4.79 Å². The first-order chi connectivity index (χ1) is 8.99. The van der Waals surface area contributed by atoms with Crippen molar-refractivity contribution in [2.24, 2.45) is 5.92 Å². The SMILES string of the molecule is COC(=O)C(NC(=O)c1ccc(CO)cc1)C(C)C. The summed E-state index contributed by atoms with van der Waals surface area (Å²) in [4.78, 5) is 23.5. The summed E-state index contributed by atoms with van der Waals surface area (Å²) in [5, 5.41) is 11.6. The second-order valence-corrected chi connectivity index (χ2v) is 4.57. The first-order valence-electron chi connectivity index (χ1n) is 6.08. The molecule has 0 heterocycles. The number of amides is 1. The van der Waals surface area contributed by atoms with Crippen LogP contribution in [0.5, 0.6) is 0 Å². The number of nitrogens with one attached hydrogen (secondary N) is 1. The molecule has 19 heavy (non-hydrogen) atoms. The molecule has 0 aliphatic heterocycles. The van der Waals surface area contributed by atoms with E-state index in [4.69, 9.17) is 5.11 Å². The van der Waals surface area contributed by atoms with E-state index < -0.39 is 12.0 Å². The van der Waals surface area contributed by atoms with Gasteiger partial charge in [0.1, 0.15) is 6.04 Å². The number of esters is 1. The van der Waals surface area contributed by atoms with Crippen LogP contribution in [-0.2, 0) is 16.1 Å². The molecule has 0 fully saturated rings. The molecule has 0 aliphatic carbocycles. The van der Waals surface area contributed by atoms with E-state index >= 15 is 0 Å². The Morgan fingerprint density at radius 1 is 1.26 bits per heavy atom. The molecule has 0 radical (unpaired) electrons. The minimum absolute atomic E-state index is 0.0619. The molecule has 104 valence electrons. The van der Waals surface area contributed by atoms with Gasteiger partial charge in [-0.3, -0.25) is 4.79 Å². The van der Waals surface area contributed by atoms with E-state index in [9.17, 15) is 9.59 Å². The summed E-state index contributed by atoms with van der Waals surface area (Å²) < 4.78 is 4.66. The third kappa shape index (κ3) is 4.06. The van der Waals surface area contributed by atoms with Crippen LogP contribution in [0.4, 0.5) is 0 Å². The number of aliphatic hydroxyl groups excluding tert-OH is 1. The molecule has 0 spiro atoms. The van der Waals surface area contributed by atoms with Gasteiger partial charge in [0, 0.05) is 5.56 Å². The van der Waals surface area contributed by atoms with Crippen LogP contribution >= 0.6 is 0 Å². The quantitative estimate of drug-likeness (QED) is 0.782. The van der Waals surface area contributed by atoms with Crippen LogP contribution in [0.3, 0.4) is 0 Å². The zero-order chi connectivity index (χ0) is 14.4. The van der Waals surface area contributed by atoms with Gasteiger partial charge in [0.15, 0.2) is 0 Å².